The van der Waals surface area contributed by atoms with Gasteiger partial charge in [0.1, 0.15) is 11.5 Å². The lowest BCUT2D eigenvalue weighted by atomic mass is 10.1. The van der Waals surface area contributed by atoms with Crippen LogP contribution < -0.4 is 5.56 Å². The number of nitrogens with zero attached hydrogens (tertiary/aromatic N) is 2. The third-order valence-electron chi connectivity index (χ3n) is 3.18. The number of carboxylic acid groups (broad SMARTS) is 1. The van der Waals surface area contributed by atoms with Crippen molar-refractivity contribution in [2.75, 3.05) is 0 Å². The Morgan fingerprint density at radius 2 is 1.96 bits per heavy atom. The van der Waals surface area contributed by atoms with Crippen LogP contribution in [0, 0.1) is 0 Å². The van der Waals surface area contributed by atoms with Crippen molar-refractivity contribution in [2.45, 2.75) is 17.3 Å². The molecule has 0 spiro atoms. The molecule has 0 fully saturated rings. The van der Waals surface area contributed by atoms with Crippen LogP contribution in [0.15, 0.2) is 56.8 Å². The van der Waals surface area contributed by atoms with Crippen LogP contribution in [-0.2, 0) is 12.2 Å². The standard InChI is InChI=1S/C16H13N3O4S/c20-14-12(8-10-4-2-1-3-5-10)18-19-16(17-14)24-9-11-6-7-13(23-11)15(21)22/h1-7H,8-9H2,(H,21,22)(H,17,19,20). The molecule has 1 aromatic carbocycles. The highest BCUT2D eigenvalue weighted by Gasteiger charge is 2.11. The summed E-state index contributed by atoms with van der Waals surface area (Å²) in [6.07, 6.45) is 0.411. The monoisotopic (exact) mass is 343 g/mol. The van der Waals surface area contributed by atoms with Crippen molar-refractivity contribution in [3.63, 3.8) is 0 Å². The summed E-state index contributed by atoms with van der Waals surface area (Å²) in [4.78, 5) is 25.5. The average molecular weight is 343 g/mol. The number of benzene rings is 1. The molecular weight excluding hydrogens is 330 g/mol. The van der Waals surface area contributed by atoms with Crippen molar-refractivity contribution in [1.82, 2.24) is 15.2 Å². The van der Waals surface area contributed by atoms with E-state index in [-0.39, 0.29) is 11.3 Å². The summed E-state index contributed by atoms with van der Waals surface area (Å²) in [7, 11) is 0. The number of aromatic nitrogens is 3. The number of thioether (sulfide) groups is 1. The molecular formula is C16H13N3O4S. The number of aromatic carboxylic acids is 1. The summed E-state index contributed by atoms with van der Waals surface area (Å²) in [5, 5.41) is 17.1. The zero-order valence-electron chi connectivity index (χ0n) is 12.4. The van der Waals surface area contributed by atoms with E-state index in [2.05, 4.69) is 15.2 Å². The van der Waals surface area contributed by atoms with Crippen LogP contribution in [0.4, 0.5) is 0 Å². The molecule has 3 aromatic rings. The molecule has 0 bridgehead atoms. The van der Waals surface area contributed by atoms with E-state index >= 15 is 0 Å². The highest BCUT2D eigenvalue weighted by Crippen LogP contribution is 2.19. The van der Waals surface area contributed by atoms with Gasteiger partial charge in [0.2, 0.25) is 5.76 Å². The first kappa shape index (κ1) is 16.0. The largest absolute Gasteiger partial charge is 0.475 e. The molecule has 2 heterocycles. The number of furan rings is 1. The Morgan fingerprint density at radius 3 is 2.62 bits per heavy atom. The molecule has 3 rings (SSSR count). The molecule has 122 valence electrons. The van der Waals surface area contributed by atoms with Gasteiger partial charge < -0.3 is 9.52 Å². The van der Waals surface area contributed by atoms with Gasteiger partial charge >= 0.3 is 5.97 Å². The topological polar surface area (TPSA) is 109 Å². The molecule has 2 N–H and O–H groups in total. The van der Waals surface area contributed by atoms with Gasteiger partial charge in [-0.15, -0.1) is 10.2 Å². The maximum Gasteiger partial charge on any atom is 0.371 e. The minimum absolute atomic E-state index is 0.122. The SMILES string of the molecule is O=C(O)c1ccc(CSc2nnc(Cc3ccccc3)c(=O)[nH]2)o1. The normalized spacial score (nSPS) is 10.7. The van der Waals surface area contributed by atoms with Crippen LogP contribution in [0.2, 0.25) is 0 Å². The smallest absolute Gasteiger partial charge is 0.371 e. The van der Waals surface area contributed by atoms with Crippen molar-refractivity contribution >= 4 is 17.7 Å². The highest BCUT2D eigenvalue weighted by molar-refractivity contribution is 7.98. The van der Waals surface area contributed by atoms with Crippen LogP contribution in [0.1, 0.15) is 27.6 Å². The molecule has 0 unspecified atom stereocenters. The van der Waals surface area contributed by atoms with Gasteiger partial charge in [-0.1, -0.05) is 42.1 Å². The Morgan fingerprint density at radius 1 is 1.17 bits per heavy atom. The van der Waals surface area contributed by atoms with E-state index in [1.807, 2.05) is 30.3 Å². The molecule has 0 amide bonds. The molecule has 0 atom stereocenters. The van der Waals surface area contributed by atoms with Gasteiger partial charge in [-0.2, -0.15) is 0 Å². The maximum atomic E-state index is 12.1. The van der Waals surface area contributed by atoms with E-state index in [0.29, 0.717) is 28.8 Å². The van der Waals surface area contributed by atoms with Crippen molar-refractivity contribution in [1.29, 1.82) is 0 Å². The zero-order valence-corrected chi connectivity index (χ0v) is 13.2. The lowest BCUT2D eigenvalue weighted by Gasteiger charge is -2.01. The minimum atomic E-state index is -1.12. The summed E-state index contributed by atoms with van der Waals surface area (Å²) in [6.45, 7) is 0. The van der Waals surface area contributed by atoms with Crippen LogP contribution in [0.5, 0.6) is 0 Å². The second kappa shape index (κ2) is 7.14. The van der Waals surface area contributed by atoms with E-state index < -0.39 is 5.97 Å². The Kier molecular flexibility index (Phi) is 4.76. The number of H-pyrrole nitrogens is 1. The van der Waals surface area contributed by atoms with E-state index in [1.165, 1.54) is 17.8 Å². The van der Waals surface area contributed by atoms with Gasteiger partial charge in [0.25, 0.3) is 5.56 Å². The van der Waals surface area contributed by atoms with Crippen molar-refractivity contribution in [2.24, 2.45) is 0 Å². The summed E-state index contributed by atoms with van der Waals surface area (Å²) in [5.41, 5.74) is 1.04. The lowest BCUT2D eigenvalue weighted by molar-refractivity contribution is 0.0661. The quantitative estimate of drug-likeness (QED) is 0.661. The first-order chi connectivity index (χ1) is 11.6. The number of hydrogen-bond acceptors (Lipinski definition) is 6. The van der Waals surface area contributed by atoms with Gasteiger partial charge in [0.05, 0.1) is 5.75 Å². The highest BCUT2D eigenvalue weighted by atomic mass is 32.2. The number of nitrogens with one attached hydrogen (secondary N) is 1. The van der Waals surface area contributed by atoms with Gasteiger partial charge in [0, 0.05) is 6.42 Å². The molecule has 2 aromatic heterocycles. The molecule has 0 radical (unpaired) electrons. The first-order valence-electron chi connectivity index (χ1n) is 7.06. The predicted octanol–water partition coefficient (Wildman–Crippen LogP) is 2.34. The van der Waals surface area contributed by atoms with Crippen LogP contribution in [-0.4, -0.2) is 26.3 Å². The van der Waals surface area contributed by atoms with Crippen LogP contribution in [0.3, 0.4) is 0 Å². The fourth-order valence-electron chi connectivity index (χ4n) is 2.03. The summed E-state index contributed by atoms with van der Waals surface area (Å²) in [5.74, 6) is -0.419. The van der Waals surface area contributed by atoms with Crippen molar-refractivity contribution in [3.8, 4) is 0 Å². The predicted molar refractivity (Wildman–Crippen MR) is 87.1 cm³/mol. The van der Waals surface area contributed by atoms with Gasteiger partial charge in [-0.3, -0.25) is 9.78 Å². The molecule has 0 aliphatic heterocycles. The Balaban J connectivity index is 1.66. The van der Waals surface area contributed by atoms with Crippen molar-refractivity contribution in [3.05, 3.63) is 75.6 Å². The lowest BCUT2D eigenvalue weighted by Crippen LogP contribution is -2.17. The number of rotatable bonds is 6. The van der Waals surface area contributed by atoms with E-state index in [4.69, 9.17) is 9.52 Å². The maximum absolute atomic E-state index is 12.1. The van der Waals surface area contributed by atoms with Gasteiger partial charge in [-0.25, -0.2) is 4.79 Å². The van der Waals surface area contributed by atoms with Gasteiger partial charge in [0.15, 0.2) is 5.16 Å². The first-order valence-corrected chi connectivity index (χ1v) is 8.05. The molecule has 0 saturated carbocycles. The Hall–Kier alpha value is -2.87. The molecule has 7 nitrogen and oxygen atoms in total. The van der Waals surface area contributed by atoms with E-state index in [9.17, 15) is 9.59 Å². The Labute approximate surface area is 140 Å². The fourth-order valence-corrected chi connectivity index (χ4v) is 2.72. The van der Waals surface area contributed by atoms with Crippen LogP contribution in [0.25, 0.3) is 0 Å². The number of carbonyl (C=O) groups is 1. The fraction of sp³-hybridized carbons (Fsp3) is 0.125. The third-order valence-corrected chi connectivity index (χ3v) is 4.07. The summed E-state index contributed by atoms with van der Waals surface area (Å²) >= 11 is 1.21. The molecule has 0 saturated heterocycles. The minimum Gasteiger partial charge on any atom is -0.475 e. The van der Waals surface area contributed by atoms with E-state index in [0.717, 1.165) is 5.56 Å². The molecule has 24 heavy (non-hydrogen) atoms. The molecule has 8 heteroatoms. The molecule has 0 aliphatic rings. The zero-order chi connectivity index (χ0) is 16.9. The number of aromatic amines is 1. The average Bonchev–Trinajstić information content (AvgIpc) is 3.05. The van der Waals surface area contributed by atoms with Crippen LogP contribution >= 0.6 is 11.8 Å². The van der Waals surface area contributed by atoms with Gasteiger partial charge in [-0.05, 0) is 17.7 Å². The second-order valence-corrected chi connectivity index (χ2v) is 5.89. The summed E-state index contributed by atoms with van der Waals surface area (Å²) < 4.78 is 5.14. The Bertz CT molecular complexity index is 905. The second-order valence-electron chi connectivity index (χ2n) is 4.93. The third kappa shape index (κ3) is 3.90. The van der Waals surface area contributed by atoms with Crippen molar-refractivity contribution < 1.29 is 14.3 Å². The molecule has 0 aliphatic carbocycles. The van der Waals surface area contributed by atoms with E-state index in [1.54, 1.807) is 6.07 Å². The summed E-state index contributed by atoms with van der Waals surface area (Å²) in [6, 6.07) is 12.5. The number of carboxylic acids is 1. The number of hydrogen-bond donors (Lipinski definition) is 2.